The van der Waals surface area contributed by atoms with Gasteiger partial charge in [-0.15, -0.1) is 0 Å². The van der Waals surface area contributed by atoms with E-state index in [1.165, 1.54) is 11.0 Å². The number of nitrogens with one attached hydrogen (secondary N) is 1. The van der Waals surface area contributed by atoms with E-state index < -0.39 is 0 Å². The minimum absolute atomic E-state index is 0.568. The van der Waals surface area contributed by atoms with Gasteiger partial charge in [0.25, 0.3) is 0 Å². The summed E-state index contributed by atoms with van der Waals surface area (Å²) in [4.78, 5) is 0. The third kappa shape index (κ3) is 2.42. The number of fused-ring (bicyclic) bond motifs is 1. The van der Waals surface area contributed by atoms with Gasteiger partial charge in [-0.05, 0) is 24.6 Å². The van der Waals surface area contributed by atoms with E-state index in [1.54, 1.807) is 0 Å². The van der Waals surface area contributed by atoms with Crippen molar-refractivity contribution in [1.82, 2.24) is 9.13 Å². The van der Waals surface area contributed by atoms with Gasteiger partial charge in [-0.1, -0.05) is 48.7 Å². The second kappa shape index (κ2) is 5.64. The zero-order valence-electron chi connectivity index (χ0n) is 12.6. The van der Waals surface area contributed by atoms with Crippen molar-refractivity contribution in [3.05, 3.63) is 59.7 Å². The molecule has 0 atom stereocenters. The maximum absolute atomic E-state index is 8.43. The second-order valence-electron chi connectivity index (χ2n) is 5.31. The molecule has 1 N–H and O–H groups in total. The van der Waals surface area contributed by atoms with Gasteiger partial charge in [0.15, 0.2) is 7.28 Å². The fourth-order valence-electron chi connectivity index (χ4n) is 2.84. The summed E-state index contributed by atoms with van der Waals surface area (Å²) in [6, 6.07) is 17.0. The number of aryl methyl sites for hydroxylation is 1. The quantitative estimate of drug-likeness (QED) is 0.709. The van der Waals surface area contributed by atoms with E-state index in [0.717, 1.165) is 31.4 Å². The molecule has 1 heterocycles. The minimum Gasteiger partial charge on any atom is -0.311 e. The number of hydrogen-bond acceptors (Lipinski definition) is 1. The molecule has 4 heteroatoms. The van der Waals surface area contributed by atoms with Crippen LogP contribution < -0.4 is 11.1 Å². The molecule has 0 aliphatic carbocycles. The van der Waals surface area contributed by atoms with Crippen LogP contribution in [0.2, 0.25) is 6.82 Å². The standard InChI is InChI=1S/C17H20BN3/c1-3-20-15-6-4-5-7-16(15)21(17(20)19)12-13-8-10-14(18-2)11-9-13/h4-11,18-19H,3,12H2,1-2H3. The number of hydrogen-bond donors (Lipinski definition) is 1. The van der Waals surface area contributed by atoms with Crippen LogP contribution in [0, 0.1) is 5.41 Å². The summed E-state index contributed by atoms with van der Waals surface area (Å²) in [5.41, 5.74) is 5.42. The molecule has 106 valence electrons. The predicted molar refractivity (Wildman–Crippen MR) is 89.6 cm³/mol. The third-order valence-corrected chi connectivity index (χ3v) is 4.06. The molecular weight excluding hydrogens is 257 g/mol. The lowest BCUT2D eigenvalue weighted by atomic mass is 9.73. The van der Waals surface area contributed by atoms with Crippen LogP contribution in [0.15, 0.2) is 48.5 Å². The minimum atomic E-state index is 0.568. The summed E-state index contributed by atoms with van der Waals surface area (Å²) in [6.07, 6.45) is 0. The molecule has 0 fully saturated rings. The Labute approximate surface area is 125 Å². The second-order valence-corrected chi connectivity index (χ2v) is 5.31. The number of benzene rings is 2. The molecule has 0 aliphatic rings. The van der Waals surface area contributed by atoms with E-state index in [-0.39, 0.29) is 0 Å². The van der Waals surface area contributed by atoms with E-state index in [4.69, 9.17) is 5.41 Å². The van der Waals surface area contributed by atoms with Crippen molar-refractivity contribution in [3.63, 3.8) is 0 Å². The number of para-hydroxylation sites is 2. The van der Waals surface area contributed by atoms with Crippen molar-refractivity contribution in [2.75, 3.05) is 0 Å². The van der Waals surface area contributed by atoms with Crippen molar-refractivity contribution < 1.29 is 0 Å². The van der Waals surface area contributed by atoms with Crippen LogP contribution in [0.1, 0.15) is 12.5 Å². The molecule has 0 radical (unpaired) electrons. The number of nitrogens with zero attached hydrogens (tertiary/aromatic N) is 2. The first kappa shape index (κ1) is 13.7. The lowest BCUT2D eigenvalue weighted by Gasteiger charge is -2.06. The lowest BCUT2D eigenvalue weighted by Crippen LogP contribution is -2.24. The Morgan fingerprint density at radius 1 is 0.952 bits per heavy atom. The molecule has 21 heavy (non-hydrogen) atoms. The van der Waals surface area contributed by atoms with Crippen molar-refractivity contribution in [2.45, 2.75) is 26.8 Å². The predicted octanol–water partition coefficient (Wildman–Crippen LogP) is 2.10. The Hall–Kier alpha value is -2.23. The molecule has 0 bridgehead atoms. The van der Waals surface area contributed by atoms with Crippen LogP contribution in [0.5, 0.6) is 0 Å². The van der Waals surface area contributed by atoms with Gasteiger partial charge >= 0.3 is 0 Å². The van der Waals surface area contributed by atoms with Crippen molar-refractivity contribution in [1.29, 1.82) is 5.41 Å². The van der Waals surface area contributed by atoms with Crippen LogP contribution in [0.25, 0.3) is 11.0 Å². The monoisotopic (exact) mass is 277 g/mol. The first-order valence-electron chi connectivity index (χ1n) is 7.55. The van der Waals surface area contributed by atoms with Crippen LogP contribution in [-0.4, -0.2) is 16.4 Å². The smallest absolute Gasteiger partial charge is 0.203 e. The SMILES string of the molecule is CBc1ccc(Cn2c(=N)n(CC)c3ccccc32)cc1. The summed E-state index contributed by atoms with van der Waals surface area (Å²) in [5, 5.41) is 8.43. The molecule has 0 amide bonds. The van der Waals surface area contributed by atoms with Crippen molar-refractivity contribution >= 4 is 23.8 Å². The van der Waals surface area contributed by atoms with Crippen molar-refractivity contribution in [2.24, 2.45) is 0 Å². The van der Waals surface area contributed by atoms with Crippen LogP contribution in [0.3, 0.4) is 0 Å². The van der Waals surface area contributed by atoms with Gasteiger partial charge in [0, 0.05) is 6.54 Å². The maximum Gasteiger partial charge on any atom is 0.203 e. The van der Waals surface area contributed by atoms with Crippen LogP contribution >= 0.6 is 0 Å². The maximum atomic E-state index is 8.43. The van der Waals surface area contributed by atoms with Gasteiger partial charge in [0.1, 0.15) is 0 Å². The first-order chi connectivity index (χ1) is 10.2. The molecular formula is C17H20BN3. The Kier molecular flexibility index (Phi) is 3.69. The average molecular weight is 277 g/mol. The van der Waals surface area contributed by atoms with Gasteiger partial charge < -0.3 is 9.13 Å². The molecule has 3 nitrogen and oxygen atoms in total. The molecule has 0 unspecified atom stereocenters. The Morgan fingerprint density at radius 2 is 1.57 bits per heavy atom. The van der Waals surface area contributed by atoms with E-state index in [2.05, 4.69) is 59.3 Å². The molecule has 0 saturated heterocycles. The summed E-state index contributed by atoms with van der Waals surface area (Å²) in [6.45, 7) is 5.82. The molecule has 1 aromatic heterocycles. The van der Waals surface area contributed by atoms with Gasteiger partial charge in [-0.3, -0.25) is 5.41 Å². The first-order valence-corrected chi connectivity index (χ1v) is 7.55. The summed E-state index contributed by atoms with van der Waals surface area (Å²) < 4.78 is 4.13. The highest BCUT2D eigenvalue weighted by atomic mass is 15.2. The van der Waals surface area contributed by atoms with Crippen LogP contribution in [0.4, 0.5) is 0 Å². The van der Waals surface area contributed by atoms with Gasteiger partial charge in [0.2, 0.25) is 5.62 Å². The molecule has 2 aromatic carbocycles. The molecule has 0 spiro atoms. The van der Waals surface area contributed by atoms with E-state index >= 15 is 0 Å². The number of aromatic nitrogens is 2. The van der Waals surface area contributed by atoms with Gasteiger partial charge in [-0.2, -0.15) is 0 Å². The molecule has 0 saturated carbocycles. The van der Waals surface area contributed by atoms with Crippen LogP contribution in [-0.2, 0) is 13.1 Å². The highest BCUT2D eigenvalue weighted by molar-refractivity contribution is 6.51. The summed E-state index contributed by atoms with van der Waals surface area (Å²) in [5.74, 6) is 0. The van der Waals surface area contributed by atoms with Crippen molar-refractivity contribution in [3.8, 4) is 0 Å². The number of rotatable bonds is 4. The Bertz CT molecular complexity index is 812. The summed E-state index contributed by atoms with van der Waals surface area (Å²) in [7, 11) is 1.06. The van der Waals surface area contributed by atoms with E-state index in [1.807, 2.05) is 12.1 Å². The van der Waals surface area contributed by atoms with E-state index in [9.17, 15) is 0 Å². The zero-order valence-corrected chi connectivity index (χ0v) is 12.6. The molecule has 3 aromatic rings. The highest BCUT2D eigenvalue weighted by Gasteiger charge is 2.09. The molecule has 3 rings (SSSR count). The summed E-state index contributed by atoms with van der Waals surface area (Å²) >= 11 is 0. The molecule has 0 aliphatic heterocycles. The topological polar surface area (TPSA) is 33.7 Å². The Morgan fingerprint density at radius 3 is 2.14 bits per heavy atom. The fraction of sp³-hybridized carbons (Fsp3) is 0.235. The fourth-order valence-corrected chi connectivity index (χ4v) is 2.84. The highest BCUT2D eigenvalue weighted by Crippen LogP contribution is 2.14. The Balaban J connectivity index is 2.07. The number of imidazole rings is 1. The average Bonchev–Trinajstić information content (AvgIpc) is 2.80. The van der Waals surface area contributed by atoms with Gasteiger partial charge in [0.05, 0.1) is 17.6 Å². The lowest BCUT2D eigenvalue weighted by molar-refractivity contribution is 0.650. The third-order valence-electron chi connectivity index (χ3n) is 4.06. The largest absolute Gasteiger partial charge is 0.311 e. The van der Waals surface area contributed by atoms with Gasteiger partial charge in [-0.25, -0.2) is 0 Å². The zero-order chi connectivity index (χ0) is 14.8. The normalized spacial score (nSPS) is 11.0. The van der Waals surface area contributed by atoms with E-state index in [0.29, 0.717) is 5.62 Å².